The summed E-state index contributed by atoms with van der Waals surface area (Å²) >= 11 is 1.24. The number of nitrogens with zero attached hydrogens (tertiary/aromatic N) is 1. The second-order valence-corrected chi connectivity index (χ2v) is 7.16. The molecule has 0 spiro atoms. The number of carbonyl (C=O) groups excluding carboxylic acids is 2. The van der Waals surface area contributed by atoms with E-state index in [0.29, 0.717) is 16.4 Å². The molecule has 0 aliphatic rings. The fourth-order valence-electron chi connectivity index (χ4n) is 2.83. The van der Waals surface area contributed by atoms with E-state index in [2.05, 4.69) is 15.6 Å². The predicted octanol–water partition coefficient (Wildman–Crippen LogP) is 4.16. The van der Waals surface area contributed by atoms with Crippen LogP contribution in [0.25, 0.3) is 11.3 Å². The number of hydrogen-bond donors (Lipinski definition) is 2. The molecule has 0 fully saturated rings. The van der Waals surface area contributed by atoms with Gasteiger partial charge in [-0.25, -0.2) is 9.37 Å². The average Bonchev–Trinajstić information content (AvgIpc) is 3.16. The summed E-state index contributed by atoms with van der Waals surface area (Å²) in [6.07, 6.45) is 0.0651. The number of amides is 2. The number of nitrogens with one attached hydrogen (secondary N) is 2. The maximum absolute atomic E-state index is 13.9. The van der Waals surface area contributed by atoms with Crippen molar-refractivity contribution < 1.29 is 18.7 Å². The van der Waals surface area contributed by atoms with Crippen molar-refractivity contribution in [2.24, 2.45) is 0 Å². The van der Waals surface area contributed by atoms with Gasteiger partial charge in [-0.3, -0.25) is 9.59 Å². The monoisotopic (exact) mass is 413 g/mol. The molecule has 0 unspecified atom stereocenters. The van der Waals surface area contributed by atoms with Gasteiger partial charge in [-0.05, 0) is 23.8 Å². The fraction of sp³-hybridized carbons (Fsp3) is 0.190. The highest BCUT2D eigenvalue weighted by molar-refractivity contribution is 7.14. The van der Waals surface area contributed by atoms with Crippen LogP contribution >= 0.6 is 11.3 Å². The minimum absolute atomic E-state index is 0.0651. The third-order valence-corrected chi connectivity index (χ3v) is 4.92. The zero-order valence-electron chi connectivity index (χ0n) is 15.9. The molecule has 0 aliphatic carbocycles. The normalized spacial score (nSPS) is 11.6. The number of ether oxygens (including phenoxy) is 1. The van der Waals surface area contributed by atoms with E-state index in [0.717, 1.165) is 5.56 Å². The van der Waals surface area contributed by atoms with E-state index in [1.54, 1.807) is 11.4 Å². The molecule has 1 atom stereocenters. The zero-order chi connectivity index (χ0) is 20.8. The highest BCUT2D eigenvalue weighted by atomic mass is 32.1. The summed E-state index contributed by atoms with van der Waals surface area (Å²) < 4.78 is 18.8. The van der Waals surface area contributed by atoms with Crippen molar-refractivity contribution >= 4 is 28.3 Å². The molecule has 0 aliphatic heterocycles. The van der Waals surface area contributed by atoms with E-state index >= 15 is 0 Å². The van der Waals surface area contributed by atoms with Crippen LogP contribution in [-0.2, 0) is 9.59 Å². The first-order chi connectivity index (χ1) is 14.0. The Kier molecular flexibility index (Phi) is 6.56. The molecular weight excluding hydrogens is 393 g/mol. The number of halogens is 1. The van der Waals surface area contributed by atoms with Crippen molar-refractivity contribution in [2.45, 2.75) is 19.4 Å². The number of thiazole rings is 1. The summed E-state index contributed by atoms with van der Waals surface area (Å²) in [5.74, 6) is -0.828. The van der Waals surface area contributed by atoms with Crippen LogP contribution < -0.4 is 15.4 Å². The molecule has 29 heavy (non-hydrogen) atoms. The van der Waals surface area contributed by atoms with Crippen molar-refractivity contribution in [1.29, 1.82) is 0 Å². The van der Waals surface area contributed by atoms with Crippen LogP contribution in [0.5, 0.6) is 5.75 Å². The van der Waals surface area contributed by atoms with Crippen molar-refractivity contribution in [3.8, 4) is 17.0 Å². The van der Waals surface area contributed by atoms with E-state index in [9.17, 15) is 14.0 Å². The minimum Gasteiger partial charge on any atom is -0.494 e. The molecule has 2 N–H and O–H groups in total. The number of hydrogen-bond acceptors (Lipinski definition) is 5. The summed E-state index contributed by atoms with van der Waals surface area (Å²) in [5, 5.41) is 7.67. The van der Waals surface area contributed by atoms with E-state index in [4.69, 9.17) is 4.74 Å². The van der Waals surface area contributed by atoms with Crippen LogP contribution in [0.15, 0.2) is 53.9 Å². The predicted molar refractivity (Wildman–Crippen MR) is 110 cm³/mol. The second kappa shape index (κ2) is 9.29. The van der Waals surface area contributed by atoms with Crippen molar-refractivity contribution in [3.63, 3.8) is 0 Å². The van der Waals surface area contributed by atoms with Gasteiger partial charge in [0.25, 0.3) is 0 Å². The largest absolute Gasteiger partial charge is 0.494 e. The second-order valence-electron chi connectivity index (χ2n) is 6.30. The van der Waals surface area contributed by atoms with E-state index in [1.807, 2.05) is 30.3 Å². The Hall–Kier alpha value is -3.26. The molecule has 8 heteroatoms. The molecule has 0 saturated heterocycles. The topological polar surface area (TPSA) is 80.3 Å². The van der Waals surface area contributed by atoms with Gasteiger partial charge >= 0.3 is 0 Å². The number of carbonyl (C=O) groups is 2. The lowest BCUT2D eigenvalue weighted by Gasteiger charge is -2.17. The average molecular weight is 413 g/mol. The standard InChI is InChI=1S/C21H20FN3O3S/c1-13(26)23-17(14-6-4-3-5-7-14)11-20(27)25-21-24-18(12-29-21)15-8-9-19(28-2)16(22)10-15/h3-10,12,17H,11H2,1-2H3,(H,23,26)(H,24,25,27)/t17-/m1/s1. The molecule has 3 rings (SSSR count). The first-order valence-corrected chi connectivity index (χ1v) is 9.75. The summed E-state index contributed by atoms with van der Waals surface area (Å²) in [7, 11) is 1.40. The highest BCUT2D eigenvalue weighted by Crippen LogP contribution is 2.28. The Labute approximate surface area is 171 Å². The van der Waals surface area contributed by atoms with Crippen LogP contribution in [0.1, 0.15) is 24.9 Å². The smallest absolute Gasteiger partial charge is 0.228 e. The Bertz CT molecular complexity index is 1010. The SMILES string of the molecule is COc1ccc(-c2csc(NC(=O)C[C@@H](NC(C)=O)c3ccccc3)n2)cc1F. The fourth-order valence-corrected chi connectivity index (χ4v) is 3.56. The molecular formula is C21H20FN3O3S. The number of aromatic nitrogens is 1. The van der Waals surface area contributed by atoms with Crippen LogP contribution in [-0.4, -0.2) is 23.9 Å². The van der Waals surface area contributed by atoms with Gasteiger partial charge < -0.3 is 15.4 Å². The van der Waals surface area contributed by atoms with Gasteiger partial charge in [-0.15, -0.1) is 11.3 Å². The third-order valence-electron chi connectivity index (χ3n) is 4.17. The van der Waals surface area contributed by atoms with Gasteiger partial charge in [0, 0.05) is 17.9 Å². The van der Waals surface area contributed by atoms with E-state index in [1.165, 1.54) is 37.5 Å². The van der Waals surface area contributed by atoms with Crippen LogP contribution in [0, 0.1) is 5.82 Å². The lowest BCUT2D eigenvalue weighted by atomic mass is 10.0. The molecule has 2 amide bonds. The molecule has 0 saturated carbocycles. The van der Waals surface area contributed by atoms with Gasteiger partial charge in [0.15, 0.2) is 16.7 Å². The first kappa shape index (κ1) is 20.5. The van der Waals surface area contributed by atoms with Gasteiger partial charge in [-0.1, -0.05) is 30.3 Å². The molecule has 6 nitrogen and oxygen atoms in total. The molecule has 1 heterocycles. The molecule has 150 valence electrons. The maximum Gasteiger partial charge on any atom is 0.228 e. The van der Waals surface area contributed by atoms with Gasteiger partial charge in [0.1, 0.15) is 0 Å². The summed E-state index contributed by atoms with van der Waals surface area (Å²) in [4.78, 5) is 28.3. The first-order valence-electron chi connectivity index (χ1n) is 8.87. The Morgan fingerprint density at radius 2 is 1.97 bits per heavy atom. The summed E-state index contributed by atoms with van der Waals surface area (Å²) in [6, 6.07) is 13.4. The van der Waals surface area contributed by atoms with Crippen molar-refractivity contribution in [3.05, 3.63) is 65.3 Å². The lowest BCUT2D eigenvalue weighted by Crippen LogP contribution is -2.29. The van der Waals surface area contributed by atoms with E-state index in [-0.39, 0.29) is 24.0 Å². The summed E-state index contributed by atoms with van der Waals surface area (Å²) in [5.41, 5.74) is 1.97. The van der Waals surface area contributed by atoms with Crippen molar-refractivity contribution in [1.82, 2.24) is 10.3 Å². The van der Waals surface area contributed by atoms with E-state index < -0.39 is 11.9 Å². The Morgan fingerprint density at radius 3 is 2.62 bits per heavy atom. The number of rotatable bonds is 7. The van der Waals surface area contributed by atoms with Crippen LogP contribution in [0.3, 0.4) is 0 Å². The highest BCUT2D eigenvalue weighted by Gasteiger charge is 2.18. The zero-order valence-corrected chi connectivity index (χ0v) is 16.8. The third kappa shape index (κ3) is 5.39. The lowest BCUT2D eigenvalue weighted by molar-refractivity contribution is -0.120. The van der Waals surface area contributed by atoms with Gasteiger partial charge in [-0.2, -0.15) is 0 Å². The molecule has 3 aromatic rings. The quantitative estimate of drug-likeness (QED) is 0.609. The number of anilines is 1. The maximum atomic E-state index is 13.9. The molecule has 0 radical (unpaired) electrons. The molecule has 1 aromatic heterocycles. The van der Waals surface area contributed by atoms with Gasteiger partial charge in [0.2, 0.25) is 11.8 Å². The molecule has 0 bridgehead atoms. The molecule has 2 aromatic carbocycles. The number of benzene rings is 2. The minimum atomic E-state index is -0.482. The Morgan fingerprint density at radius 1 is 1.21 bits per heavy atom. The number of methoxy groups -OCH3 is 1. The Balaban J connectivity index is 1.69. The van der Waals surface area contributed by atoms with Crippen molar-refractivity contribution in [2.75, 3.05) is 12.4 Å². The van der Waals surface area contributed by atoms with Gasteiger partial charge in [0.05, 0.1) is 25.3 Å². The summed E-state index contributed by atoms with van der Waals surface area (Å²) in [6.45, 7) is 1.41. The van der Waals surface area contributed by atoms with Crippen LogP contribution in [0.2, 0.25) is 0 Å². The van der Waals surface area contributed by atoms with Crippen LogP contribution in [0.4, 0.5) is 9.52 Å².